The molecule has 73 heavy (non-hydrogen) atoms. The number of fused-ring (bicyclic) bond motifs is 1. The number of aromatic nitrogens is 3. The van der Waals surface area contributed by atoms with Gasteiger partial charge >= 0.3 is 0 Å². The average molecular weight is 1030 g/mol. The van der Waals surface area contributed by atoms with E-state index in [-0.39, 0.29) is 43.4 Å². The van der Waals surface area contributed by atoms with Crippen LogP contribution in [0.2, 0.25) is 0 Å². The minimum Gasteiger partial charge on any atom is -0.467 e. The molecular formula is C56H83N9O7S. The summed E-state index contributed by atoms with van der Waals surface area (Å²) in [6.07, 6.45) is 7.08. The molecule has 1 aromatic carbocycles. The number of hydrogen-bond donors (Lipinski definition) is 2. The van der Waals surface area contributed by atoms with E-state index in [0.29, 0.717) is 44.0 Å². The van der Waals surface area contributed by atoms with Gasteiger partial charge in [-0.3, -0.25) is 34.6 Å². The number of aldehydes is 2. The van der Waals surface area contributed by atoms with Crippen molar-refractivity contribution in [3.8, 4) is 34.4 Å². The molecule has 1 fully saturated rings. The highest BCUT2D eigenvalue weighted by molar-refractivity contribution is 7.10. The molecule has 0 radical (unpaired) electrons. The first-order chi connectivity index (χ1) is 34.6. The maximum absolute atomic E-state index is 13.9. The molecule has 0 saturated carbocycles. The number of hydrazine groups is 1. The molecule has 4 atom stereocenters. The number of thiazole rings is 1. The van der Waals surface area contributed by atoms with Crippen LogP contribution in [0, 0.1) is 29.1 Å². The molecule has 1 saturated heterocycles. The van der Waals surface area contributed by atoms with Crippen LogP contribution in [0.25, 0.3) is 33.4 Å². The van der Waals surface area contributed by atoms with Crippen LogP contribution in [0.1, 0.15) is 104 Å². The van der Waals surface area contributed by atoms with Crippen LogP contribution in [-0.2, 0) is 52.8 Å². The molecule has 400 valence electrons. The topological polar surface area (TPSA) is 172 Å². The van der Waals surface area contributed by atoms with Gasteiger partial charge in [0.05, 0.1) is 52.4 Å². The lowest BCUT2D eigenvalue weighted by molar-refractivity contribution is -0.131. The van der Waals surface area contributed by atoms with Crippen LogP contribution in [0.3, 0.4) is 0 Å². The van der Waals surface area contributed by atoms with E-state index in [1.807, 2.05) is 83.9 Å². The summed E-state index contributed by atoms with van der Waals surface area (Å²) in [5.74, 6) is 4.60. The quantitative estimate of drug-likeness (QED) is 0.0510. The van der Waals surface area contributed by atoms with Gasteiger partial charge in [0.25, 0.3) is 12.4 Å². The van der Waals surface area contributed by atoms with Crippen molar-refractivity contribution in [2.45, 2.75) is 125 Å². The zero-order valence-corrected chi connectivity index (χ0v) is 46.9. The van der Waals surface area contributed by atoms with E-state index in [4.69, 9.17) is 19.4 Å². The number of rotatable bonds is 25. The van der Waals surface area contributed by atoms with Crippen LogP contribution < -0.4 is 10.7 Å². The molecule has 1 aliphatic heterocycles. The number of nitrogens with one attached hydrogen (secondary N) is 2. The number of methoxy groups -OCH3 is 1. The van der Waals surface area contributed by atoms with Crippen molar-refractivity contribution in [2.75, 3.05) is 74.6 Å². The molecular weight excluding hydrogens is 943 g/mol. The lowest BCUT2D eigenvalue weighted by Gasteiger charge is -2.32. The molecule has 0 spiro atoms. The average Bonchev–Trinajstić information content (AvgIpc) is 3.96. The van der Waals surface area contributed by atoms with Gasteiger partial charge in [0.1, 0.15) is 12.6 Å². The molecule has 1 aliphatic rings. The summed E-state index contributed by atoms with van der Waals surface area (Å²) in [6, 6.07) is 8.95. The highest BCUT2D eigenvalue weighted by Gasteiger charge is 2.31. The number of aryl methyl sites for hydroxylation is 1. The fourth-order valence-electron chi connectivity index (χ4n) is 8.95. The van der Waals surface area contributed by atoms with E-state index in [1.165, 1.54) is 30.7 Å². The molecule has 4 heterocycles. The van der Waals surface area contributed by atoms with E-state index in [1.54, 1.807) is 18.2 Å². The number of carbonyl (C=O) groups is 5. The van der Waals surface area contributed by atoms with Crippen molar-refractivity contribution in [1.82, 2.24) is 45.0 Å². The Morgan fingerprint density at radius 3 is 2.36 bits per heavy atom. The van der Waals surface area contributed by atoms with Gasteiger partial charge < -0.3 is 33.8 Å². The molecule has 4 unspecified atom stereocenters. The van der Waals surface area contributed by atoms with E-state index in [9.17, 15) is 24.0 Å². The van der Waals surface area contributed by atoms with Crippen molar-refractivity contribution in [1.29, 1.82) is 0 Å². The highest BCUT2D eigenvalue weighted by Crippen LogP contribution is 2.42. The normalized spacial score (nSPS) is 14.9. The fourth-order valence-corrected chi connectivity index (χ4v) is 9.81. The van der Waals surface area contributed by atoms with E-state index in [2.05, 4.69) is 84.2 Å². The lowest BCUT2D eigenvalue weighted by Crippen LogP contribution is -2.52. The number of likely N-dealkylation sites (N-methyl/N-ethyl adjacent to an activating group) is 1. The summed E-state index contributed by atoms with van der Waals surface area (Å²) in [4.78, 5) is 78.0. The van der Waals surface area contributed by atoms with E-state index in [0.717, 1.165) is 63.8 Å². The maximum atomic E-state index is 13.9. The Morgan fingerprint density at radius 1 is 1.04 bits per heavy atom. The summed E-state index contributed by atoms with van der Waals surface area (Å²) in [5, 5.41) is 8.82. The van der Waals surface area contributed by atoms with Crippen LogP contribution in [0.5, 0.6) is 0 Å². The standard InChI is InChI=1S/C51H71N7O7S.C5H12N2/c1-14-57(45(62)20-22-51(8,9)55(10)11)28-36(29-59)21-24-56(12)47(34(3)4)49(63)53-38(30-60)26-44-54-42(31-66-44)37-18-19-43-40(25-37)41(27-50(6,7)32-65-33-61)48(58(43)15-2)39-17-16-23-52-46(39)35(5)64-13;1-7-5-3-2-4-6-7/h16-19,23,25,29-31,33-36,38,47H,14-15,21,24,26-28,32H2,1-13H3,(H,53,63);6H,2-5H2,1H3. The third-order valence-corrected chi connectivity index (χ3v) is 14.6. The first kappa shape index (κ1) is 60.2. The van der Waals surface area contributed by atoms with Crippen LogP contribution in [-0.4, -0.2) is 157 Å². The number of nitrogens with zero attached hydrogens (tertiary/aromatic N) is 7. The second-order valence-corrected chi connectivity index (χ2v) is 21.8. The molecule has 5 rings (SSSR count). The second-order valence-electron chi connectivity index (χ2n) is 20.9. The van der Waals surface area contributed by atoms with Gasteiger partial charge in [-0.25, -0.2) is 9.99 Å². The maximum Gasteiger partial charge on any atom is 0.298 e. The van der Waals surface area contributed by atoms with Crippen molar-refractivity contribution in [3.05, 3.63) is 58.2 Å². The molecule has 2 amide bonds. The monoisotopic (exact) mass is 1030 g/mol. The Kier molecular flexibility index (Phi) is 23.4. The number of ether oxygens (including phenoxy) is 2. The molecule has 0 bridgehead atoms. The zero-order chi connectivity index (χ0) is 54.0. The lowest BCUT2D eigenvalue weighted by atomic mass is 9.84. The van der Waals surface area contributed by atoms with Gasteiger partial charge in [0, 0.05) is 98.2 Å². The summed E-state index contributed by atoms with van der Waals surface area (Å²) < 4.78 is 13.3. The Morgan fingerprint density at radius 2 is 1.78 bits per heavy atom. The molecule has 17 heteroatoms. The summed E-state index contributed by atoms with van der Waals surface area (Å²) in [5.41, 5.74) is 8.97. The van der Waals surface area contributed by atoms with Gasteiger partial charge in [-0.1, -0.05) is 39.7 Å². The Labute approximate surface area is 438 Å². The van der Waals surface area contributed by atoms with Gasteiger partial charge in [-0.2, -0.15) is 0 Å². The third-order valence-electron chi connectivity index (χ3n) is 13.7. The van der Waals surface area contributed by atoms with Gasteiger partial charge in [0.2, 0.25) is 5.91 Å². The molecule has 2 N–H and O–H groups in total. The number of hydrogen-bond acceptors (Lipinski definition) is 14. The van der Waals surface area contributed by atoms with E-state index < -0.39 is 29.0 Å². The minimum atomic E-state index is -0.814. The smallest absolute Gasteiger partial charge is 0.298 e. The van der Waals surface area contributed by atoms with Crippen molar-refractivity contribution >= 4 is 53.1 Å². The summed E-state index contributed by atoms with van der Waals surface area (Å²) in [6.45, 7) is 22.7. The first-order valence-corrected chi connectivity index (χ1v) is 26.5. The molecule has 4 aromatic rings. The summed E-state index contributed by atoms with van der Waals surface area (Å²) in [7, 11) is 9.40. The van der Waals surface area contributed by atoms with Gasteiger partial charge in [0.15, 0.2) is 0 Å². The first-order valence-electron chi connectivity index (χ1n) is 25.6. The van der Waals surface area contributed by atoms with E-state index >= 15 is 0 Å². The molecule has 0 aliphatic carbocycles. The number of benzene rings is 1. The van der Waals surface area contributed by atoms with Crippen molar-refractivity contribution < 1.29 is 33.4 Å². The molecule has 16 nitrogen and oxygen atoms in total. The van der Waals surface area contributed by atoms with Crippen molar-refractivity contribution in [2.24, 2.45) is 17.3 Å². The predicted molar refractivity (Wildman–Crippen MR) is 292 cm³/mol. The van der Waals surface area contributed by atoms with Crippen LogP contribution >= 0.6 is 11.3 Å². The zero-order valence-electron chi connectivity index (χ0n) is 46.0. The van der Waals surface area contributed by atoms with Gasteiger partial charge in [-0.05, 0) is 130 Å². The number of pyridine rings is 1. The van der Waals surface area contributed by atoms with Crippen LogP contribution in [0.4, 0.5) is 0 Å². The van der Waals surface area contributed by atoms with Crippen LogP contribution in [0.15, 0.2) is 41.9 Å². The Hall–Kier alpha value is -5.35. The fraction of sp³-hybridized carbons (Fsp3) is 0.589. The minimum absolute atomic E-state index is 0.105. The Balaban J connectivity index is 0.00000151. The van der Waals surface area contributed by atoms with Gasteiger partial charge in [-0.15, -0.1) is 11.3 Å². The third kappa shape index (κ3) is 16.8. The predicted octanol–water partition coefficient (Wildman–Crippen LogP) is 7.09. The SMILES string of the molecule is CCN(CC(C=O)CCN(C)C(C(=O)NC(C=O)Cc1nc(-c2ccc3c(c2)c(CC(C)(C)COC=O)c(-c2cccnc2C(C)OC)n3CC)cs1)C(C)C)C(=O)C#CC(C)(C)N(C)C.CN1CCCCN1. The Bertz CT molecular complexity index is 2500. The number of amides is 2. The summed E-state index contributed by atoms with van der Waals surface area (Å²) >= 11 is 1.43. The largest absolute Gasteiger partial charge is 0.467 e. The number of carbonyl (C=O) groups excluding carboxylic acids is 5. The van der Waals surface area contributed by atoms with Crippen molar-refractivity contribution in [3.63, 3.8) is 0 Å². The molecule has 3 aromatic heterocycles. The highest BCUT2D eigenvalue weighted by atomic mass is 32.1. The second kappa shape index (κ2) is 28.4.